The van der Waals surface area contributed by atoms with Crippen LogP contribution in [0.1, 0.15) is 12.0 Å². The number of methoxy groups -OCH3 is 1. The Kier molecular flexibility index (Phi) is 6.47. The van der Waals surface area contributed by atoms with Gasteiger partial charge in [-0.1, -0.05) is 0 Å². The van der Waals surface area contributed by atoms with Crippen molar-refractivity contribution in [2.75, 3.05) is 26.5 Å². The van der Waals surface area contributed by atoms with Crippen molar-refractivity contribution in [2.24, 2.45) is 0 Å². The Balaban J connectivity index is 2.65. The molecule has 1 N–H and O–H groups in total. The number of rotatable bonds is 7. The van der Waals surface area contributed by atoms with Gasteiger partial charge in [-0.25, -0.2) is 8.78 Å². The minimum Gasteiger partial charge on any atom is -0.385 e. The smallest absolute Gasteiger partial charge is 0.140 e. The lowest BCUT2D eigenvalue weighted by atomic mass is 10.2. The second-order valence-corrected chi connectivity index (χ2v) is 4.72. The Morgan fingerprint density at radius 2 is 1.94 bits per heavy atom. The Hall–Kier alpha value is -0.650. The molecular weight excluding hydrogens is 244 g/mol. The molecule has 0 aromatic heterocycles. The van der Waals surface area contributed by atoms with Crippen molar-refractivity contribution in [2.45, 2.75) is 17.9 Å². The fraction of sp³-hybridized carbons (Fsp3) is 0.500. The summed E-state index contributed by atoms with van der Waals surface area (Å²) in [5, 5.41) is 2.86. The normalized spacial score (nSPS) is 10.8. The van der Waals surface area contributed by atoms with Crippen LogP contribution in [0.25, 0.3) is 0 Å². The fourth-order valence-corrected chi connectivity index (χ4v) is 2.29. The van der Waals surface area contributed by atoms with E-state index in [-0.39, 0.29) is 4.90 Å². The van der Waals surface area contributed by atoms with E-state index in [1.165, 1.54) is 23.9 Å². The zero-order chi connectivity index (χ0) is 12.7. The SMILES string of the molecule is CNCc1cc(F)c(SCCCOC)c(F)c1. The van der Waals surface area contributed by atoms with Crippen molar-refractivity contribution in [1.29, 1.82) is 0 Å². The summed E-state index contributed by atoms with van der Waals surface area (Å²) in [6.07, 6.45) is 0.776. The number of nitrogens with one attached hydrogen (secondary N) is 1. The average molecular weight is 261 g/mol. The maximum absolute atomic E-state index is 13.6. The third-order valence-corrected chi connectivity index (χ3v) is 3.35. The topological polar surface area (TPSA) is 21.3 Å². The Morgan fingerprint density at radius 1 is 1.29 bits per heavy atom. The zero-order valence-electron chi connectivity index (χ0n) is 10.1. The summed E-state index contributed by atoms with van der Waals surface area (Å²) >= 11 is 1.19. The maximum atomic E-state index is 13.6. The van der Waals surface area contributed by atoms with Gasteiger partial charge >= 0.3 is 0 Å². The minimum atomic E-state index is -0.488. The third-order valence-electron chi connectivity index (χ3n) is 2.18. The second-order valence-electron chi connectivity index (χ2n) is 3.61. The lowest BCUT2D eigenvalue weighted by Gasteiger charge is -2.07. The lowest BCUT2D eigenvalue weighted by molar-refractivity contribution is 0.200. The molecule has 1 aromatic rings. The molecule has 0 aliphatic heterocycles. The highest BCUT2D eigenvalue weighted by Crippen LogP contribution is 2.26. The molecule has 0 spiro atoms. The van der Waals surface area contributed by atoms with Crippen LogP contribution in [0, 0.1) is 11.6 Å². The van der Waals surface area contributed by atoms with E-state index >= 15 is 0 Å². The zero-order valence-corrected chi connectivity index (χ0v) is 10.9. The molecule has 96 valence electrons. The average Bonchev–Trinajstić information content (AvgIpc) is 2.27. The van der Waals surface area contributed by atoms with Gasteiger partial charge < -0.3 is 10.1 Å². The van der Waals surface area contributed by atoms with Gasteiger partial charge in [-0.3, -0.25) is 0 Å². The van der Waals surface area contributed by atoms with Crippen molar-refractivity contribution in [3.05, 3.63) is 29.3 Å². The summed E-state index contributed by atoms with van der Waals surface area (Å²) in [5.74, 6) is -0.331. The lowest BCUT2D eigenvalue weighted by Crippen LogP contribution is -2.06. The first-order chi connectivity index (χ1) is 8.19. The minimum absolute atomic E-state index is 0.0981. The molecule has 1 rings (SSSR count). The van der Waals surface area contributed by atoms with Crippen LogP contribution in [0.15, 0.2) is 17.0 Å². The van der Waals surface area contributed by atoms with E-state index in [0.29, 0.717) is 24.5 Å². The van der Waals surface area contributed by atoms with E-state index < -0.39 is 11.6 Å². The van der Waals surface area contributed by atoms with Crippen molar-refractivity contribution in [3.63, 3.8) is 0 Å². The summed E-state index contributed by atoms with van der Waals surface area (Å²) in [5.41, 5.74) is 0.615. The highest BCUT2D eigenvalue weighted by Gasteiger charge is 2.11. The van der Waals surface area contributed by atoms with Gasteiger partial charge in [-0.05, 0) is 31.2 Å². The van der Waals surface area contributed by atoms with E-state index in [0.717, 1.165) is 6.42 Å². The van der Waals surface area contributed by atoms with Gasteiger partial charge in [0.2, 0.25) is 0 Å². The van der Waals surface area contributed by atoms with Crippen LogP contribution >= 0.6 is 11.8 Å². The highest BCUT2D eigenvalue weighted by atomic mass is 32.2. The van der Waals surface area contributed by atoms with Gasteiger partial charge in [0, 0.05) is 26.0 Å². The van der Waals surface area contributed by atoms with Crippen LogP contribution in [0.3, 0.4) is 0 Å². The summed E-state index contributed by atoms with van der Waals surface area (Å²) in [7, 11) is 3.35. The predicted octanol–water partition coefficient (Wildman–Crippen LogP) is 2.81. The summed E-state index contributed by atoms with van der Waals surface area (Å²) < 4.78 is 32.1. The van der Waals surface area contributed by atoms with E-state index in [4.69, 9.17) is 4.74 Å². The number of ether oxygens (including phenoxy) is 1. The van der Waals surface area contributed by atoms with Crippen LogP contribution in [-0.4, -0.2) is 26.5 Å². The monoisotopic (exact) mass is 261 g/mol. The molecule has 5 heteroatoms. The van der Waals surface area contributed by atoms with E-state index in [1.807, 2.05) is 0 Å². The first-order valence-electron chi connectivity index (χ1n) is 5.43. The molecule has 0 saturated heterocycles. The number of hydrogen-bond acceptors (Lipinski definition) is 3. The molecule has 0 atom stereocenters. The van der Waals surface area contributed by atoms with Crippen LogP contribution in [0.5, 0.6) is 0 Å². The molecule has 0 fully saturated rings. The molecule has 0 aliphatic rings. The number of benzene rings is 1. The molecule has 0 bridgehead atoms. The molecule has 1 aromatic carbocycles. The molecule has 0 unspecified atom stereocenters. The Bertz CT molecular complexity index is 337. The third kappa shape index (κ3) is 4.61. The quantitative estimate of drug-likeness (QED) is 0.602. The standard InChI is InChI=1S/C12H17F2NOS/c1-15-8-9-6-10(13)12(11(14)7-9)17-5-3-4-16-2/h6-7,15H,3-5,8H2,1-2H3. The molecule has 17 heavy (non-hydrogen) atoms. The van der Waals surface area contributed by atoms with Crippen molar-refractivity contribution in [1.82, 2.24) is 5.32 Å². The molecule has 0 amide bonds. The van der Waals surface area contributed by atoms with Crippen molar-refractivity contribution in [3.8, 4) is 0 Å². The van der Waals surface area contributed by atoms with Gasteiger partial charge in [0.25, 0.3) is 0 Å². The van der Waals surface area contributed by atoms with Crippen molar-refractivity contribution >= 4 is 11.8 Å². The van der Waals surface area contributed by atoms with Crippen LogP contribution in [-0.2, 0) is 11.3 Å². The van der Waals surface area contributed by atoms with Gasteiger partial charge in [-0.2, -0.15) is 0 Å². The molecule has 0 heterocycles. The second kappa shape index (κ2) is 7.63. The van der Waals surface area contributed by atoms with Crippen LogP contribution in [0.2, 0.25) is 0 Å². The molecular formula is C12H17F2NOS. The largest absolute Gasteiger partial charge is 0.385 e. The van der Waals surface area contributed by atoms with E-state index in [1.54, 1.807) is 14.2 Å². The fourth-order valence-electron chi connectivity index (χ4n) is 1.43. The van der Waals surface area contributed by atoms with Gasteiger partial charge in [0.1, 0.15) is 11.6 Å². The number of thioether (sulfide) groups is 1. The molecule has 0 aliphatic carbocycles. The molecule has 0 radical (unpaired) electrons. The molecule has 0 saturated carbocycles. The molecule has 2 nitrogen and oxygen atoms in total. The number of halogens is 2. The first-order valence-corrected chi connectivity index (χ1v) is 6.42. The van der Waals surface area contributed by atoms with Gasteiger partial charge in [0.15, 0.2) is 0 Å². The predicted molar refractivity (Wildman–Crippen MR) is 66.3 cm³/mol. The van der Waals surface area contributed by atoms with Crippen LogP contribution < -0.4 is 5.32 Å². The van der Waals surface area contributed by atoms with E-state index in [2.05, 4.69) is 5.32 Å². The summed E-state index contributed by atoms with van der Waals surface area (Å²) in [6.45, 7) is 1.07. The summed E-state index contributed by atoms with van der Waals surface area (Å²) in [6, 6.07) is 2.75. The number of hydrogen-bond donors (Lipinski definition) is 1. The van der Waals surface area contributed by atoms with Gasteiger partial charge in [-0.15, -0.1) is 11.8 Å². The van der Waals surface area contributed by atoms with Crippen LogP contribution in [0.4, 0.5) is 8.78 Å². The van der Waals surface area contributed by atoms with Gasteiger partial charge in [0.05, 0.1) is 4.90 Å². The Morgan fingerprint density at radius 3 is 2.47 bits per heavy atom. The Labute approximate surface area is 105 Å². The first kappa shape index (κ1) is 14.4. The van der Waals surface area contributed by atoms with Crippen molar-refractivity contribution < 1.29 is 13.5 Å². The van der Waals surface area contributed by atoms with E-state index in [9.17, 15) is 8.78 Å². The summed E-state index contributed by atoms with van der Waals surface area (Å²) in [4.78, 5) is 0.0981. The highest BCUT2D eigenvalue weighted by molar-refractivity contribution is 7.99. The maximum Gasteiger partial charge on any atom is 0.140 e.